The maximum absolute atomic E-state index is 15.4. The van der Waals surface area contributed by atoms with Crippen molar-refractivity contribution in [3.8, 4) is 6.01 Å². The molecule has 2 bridgehead atoms. The minimum absolute atomic E-state index is 0.00294. The van der Waals surface area contributed by atoms with E-state index in [1.807, 2.05) is 25.7 Å². The molecule has 1 aromatic heterocycles. The number of anilines is 1. The topological polar surface area (TPSA) is 71.0 Å². The summed E-state index contributed by atoms with van der Waals surface area (Å²) in [5, 5.41) is 0.789. The standard InChI is InChI=1S/C26H32BrClFN5O3/c1-25(2,3)37-24(35)34-15-10-16(34)13-32(12-15)22-17-11-18(28)19(27)20(29)21(17)30-23(31-22)36-14-26-6-4-8-33(26)9-5-7-26/h11,15-16H,4-10,12-14H2,1-3H3. The second-order valence-corrected chi connectivity index (χ2v) is 13.0. The number of piperidine rings is 1. The van der Waals surface area contributed by atoms with Gasteiger partial charge in [-0.1, -0.05) is 11.6 Å². The van der Waals surface area contributed by atoms with Crippen molar-refractivity contribution >= 4 is 50.3 Å². The molecule has 8 nitrogen and oxygen atoms in total. The van der Waals surface area contributed by atoms with Gasteiger partial charge in [-0.3, -0.25) is 9.80 Å². The molecule has 5 fully saturated rings. The molecule has 0 N–H and O–H groups in total. The summed E-state index contributed by atoms with van der Waals surface area (Å²) in [6.45, 7) is 9.42. The largest absolute Gasteiger partial charge is 0.461 e. The molecule has 37 heavy (non-hydrogen) atoms. The van der Waals surface area contributed by atoms with E-state index in [2.05, 4.69) is 30.7 Å². The number of fused-ring (bicyclic) bond motifs is 4. The molecule has 5 saturated heterocycles. The predicted molar refractivity (Wildman–Crippen MR) is 143 cm³/mol. The Morgan fingerprint density at radius 1 is 1.22 bits per heavy atom. The number of aromatic nitrogens is 2. The van der Waals surface area contributed by atoms with E-state index in [1.165, 1.54) is 0 Å². The van der Waals surface area contributed by atoms with Crippen molar-refractivity contribution in [2.75, 3.05) is 37.7 Å². The number of amides is 1. The van der Waals surface area contributed by atoms with Crippen molar-refractivity contribution in [1.82, 2.24) is 19.8 Å². The van der Waals surface area contributed by atoms with Crippen molar-refractivity contribution in [2.45, 2.75) is 76.1 Å². The molecule has 2 unspecified atom stereocenters. The second kappa shape index (κ2) is 9.09. The van der Waals surface area contributed by atoms with Crippen LogP contribution in [0.15, 0.2) is 10.5 Å². The summed E-state index contributed by atoms with van der Waals surface area (Å²) < 4.78 is 27.4. The van der Waals surface area contributed by atoms with Gasteiger partial charge in [-0.15, -0.1) is 0 Å². The van der Waals surface area contributed by atoms with E-state index in [9.17, 15) is 4.79 Å². The SMILES string of the molecule is CC(C)(C)OC(=O)N1C2CC1CN(c1nc(OCC34CCCN3CCC4)nc3c(F)c(Br)c(Cl)cc13)C2. The predicted octanol–water partition coefficient (Wildman–Crippen LogP) is 5.39. The van der Waals surface area contributed by atoms with Gasteiger partial charge in [0.15, 0.2) is 5.82 Å². The van der Waals surface area contributed by atoms with E-state index in [4.69, 9.17) is 26.1 Å². The van der Waals surface area contributed by atoms with E-state index >= 15 is 4.39 Å². The van der Waals surface area contributed by atoms with Gasteiger partial charge in [0.1, 0.15) is 23.5 Å². The van der Waals surface area contributed by atoms with Crippen LogP contribution in [0, 0.1) is 5.82 Å². The van der Waals surface area contributed by atoms with Gasteiger partial charge in [0.25, 0.3) is 0 Å². The fourth-order valence-corrected chi connectivity index (χ4v) is 6.99. The lowest BCUT2D eigenvalue weighted by Gasteiger charge is -2.56. The Balaban J connectivity index is 1.30. The Morgan fingerprint density at radius 3 is 2.54 bits per heavy atom. The number of nitrogens with zero attached hydrogens (tertiary/aromatic N) is 5. The van der Waals surface area contributed by atoms with Crippen LogP contribution in [0.4, 0.5) is 15.0 Å². The van der Waals surface area contributed by atoms with Crippen molar-refractivity contribution in [1.29, 1.82) is 0 Å². The fraction of sp³-hybridized carbons (Fsp3) is 0.654. The van der Waals surface area contributed by atoms with Gasteiger partial charge >= 0.3 is 12.1 Å². The van der Waals surface area contributed by atoms with Gasteiger partial charge in [-0.05, 0) is 88.0 Å². The molecule has 5 aliphatic heterocycles. The monoisotopic (exact) mass is 595 g/mol. The molecule has 7 rings (SSSR count). The first-order valence-corrected chi connectivity index (χ1v) is 14.2. The van der Waals surface area contributed by atoms with Gasteiger partial charge in [0.2, 0.25) is 0 Å². The summed E-state index contributed by atoms with van der Waals surface area (Å²) in [7, 11) is 0. The number of piperazine rings is 1. The molecule has 1 aromatic carbocycles. The third-order valence-electron chi connectivity index (χ3n) is 8.16. The Labute approximate surface area is 229 Å². The van der Waals surface area contributed by atoms with Crippen LogP contribution >= 0.6 is 27.5 Å². The van der Waals surface area contributed by atoms with E-state index in [0.29, 0.717) is 30.9 Å². The number of hydrogen-bond acceptors (Lipinski definition) is 7. The molecule has 5 aliphatic rings. The molecule has 0 aliphatic carbocycles. The third kappa shape index (κ3) is 4.42. The van der Waals surface area contributed by atoms with Gasteiger partial charge in [-0.25, -0.2) is 9.18 Å². The van der Waals surface area contributed by atoms with Gasteiger partial charge < -0.3 is 14.4 Å². The minimum atomic E-state index is -0.550. The molecule has 0 radical (unpaired) electrons. The van der Waals surface area contributed by atoms with Gasteiger partial charge in [0.05, 0.1) is 27.1 Å². The van der Waals surface area contributed by atoms with Crippen LogP contribution in [0.5, 0.6) is 6.01 Å². The average molecular weight is 597 g/mol. The summed E-state index contributed by atoms with van der Waals surface area (Å²) in [5.41, 5.74) is -0.352. The second-order valence-electron chi connectivity index (χ2n) is 11.8. The van der Waals surface area contributed by atoms with Crippen LogP contribution in [0.2, 0.25) is 5.02 Å². The molecule has 1 amide bonds. The zero-order valence-electron chi connectivity index (χ0n) is 21.4. The van der Waals surface area contributed by atoms with Gasteiger partial charge in [-0.2, -0.15) is 9.97 Å². The summed E-state index contributed by atoms with van der Waals surface area (Å²) in [6.07, 6.45) is 5.13. The zero-order valence-corrected chi connectivity index (χ0v) is 23.7. The lowest BCUT2D eigenvalue weighted by atomic mass is 9.88. The van der Waals surface area contributed by atoms with E-state index in [0.717, 1.165) is 45.2 Å². The van der Waals surface area contributed by atoms with Crippen LogP contribution in [0.25, 0.3) is 10.9 Å². The fourth-order valence-electron chi connectivity index (χ4n) is 6.50. The Hall–Kier alpha value is -1.91. The van der Waals surface area contributed by atoms with E-state index in [-0.39, 0.29) is 44.7 Å². The number of rotatable bonds is 4. The smallest absolute Gasteiger partial charge is 0.410 e. The molecule has 6 heterocycles. The normalized spacial score (nSPS) is 24.8. The zero-order chi connectivity index (χ0) is 26.1. The molecule has 200 valence electrons. The highest BCUT2D eigenvalue weighted by molar-refractivity contribution is 9.10. The highest BCUT2D eigenvalue weighted by Crippen LogP contribution is 2.42. The van der Waals surface area contributed by atoms with Crippen molar-refractivity contribution in [2.24, 2.45) is 0 Å². The van der Waals surface area contributed by atoms with Crippen LogP contribution in [0.3, 0.4) is 0 Å². The van der Waals surface area contributed by atoms with E-state index in [1.54, 1.807) is 6.07 Å². The highest BCUT2D eigenvalue weighted by Gasteiger charge is 2.49. The number of benzene rings is 1. The molecular weight excluding hydrogens is 565 g/mol. The lowest BCUT2D eigenvalue weighted by molar-refractivity contribution is -0.0380. The number of hydrogen-bond donors (Lipinski definition) is 0. The molecule has 2 aromatic rings. The summed E-state index contributed by atoms with van der Waals surface area (Å²) in [5.74, 6) is 0.0501. The molecule has 11 heteroatoms. The highest BCUT2D eigenvalue weighted by atomic mass is 79.9. The van der Waals surface area contributed by atoms with Crippen LogP contribution < -0.4 is 9.64 Å². The number of halogens is 3. The first kappa shape index (κ1) is 25.4. The third-order valence-corrected chi connectivity index (χ3v) is 9.47. The first-order valence-electron chi connectivity index (χ1n) is 13.0. The van der Waals surface area contributed by atoms with Gasteiger partial charge in [0, 0.05) is 18.5 Å². The Bertz CT molecular complexity index is 1240. The van der Waals surface area contributed by atoms with Crippen LogP contribution in [-0.2, 0) is 4.74 Å². The van der Waals surface area contributed by atoms with E-state index < -0.39 is 11.4 Å². The number of carbonyl (C=O) groups excluding carboxylic acids is 1. The molecular formula is C26H32BrClFN5O3. The number of ether oxygens (including phenoxy) is 2. The lowest BCUT2D eigenvalue weighted by Crippen LogP contribution is -2.70. The maximum Gasteiger partial charge on any atom is 0.410 e. The molecule has 0 saturated carbocycles. The minimum Gasteiger partial charge on any atom is -0.461 e. The van der Waals surface area contributed by atoms with Crippen molar-refractivity contribution in [3.63, 3.8) is 0 Å². The maximum atomic E-state index is 15.4. The average Bonchev–Trinajstić information content (AvgIpc) is 3.40. The Kier molecular flexibility index (Phi) is 6.23. The molecule has 0 spiro atoms. The van der Waals surface area contributed by atoms with Crippen molar-refractivity contribution < 1.29 is 18.7 Å². The Morgan fingerprint density at radius 2 is 1.89 bits per heavy atom. The summed E-state index contributed by atoms with van der Waals surface area (Å²) in [4.78, 5) is 28.5. The first-order chi connectivity index (χ1) is 17.5. The molecule has 2 atom stereocenters. The quantitative estimate of drug-likeness (QED) is 0.439. The van der Waals surface area contributed by atoms with Crippen molar-refractivity contribution in [3.05, 3.63) is 21.4 Å². The van der Waals surface area contributed by atoms with Crippen LogP contribution in [0.1, 0.15) is 52.9 Å². The summed E-state index contributed by atoms with van der Waals surface area (Å²) in [6, 6.07) is 1.88. The summed E-state index contributed by atoms with van der Waals surface area (Å²) >= 11 is 9.60. The number of carbonyl (C=O) groups is 1. The van der Waals surface area contributed by atoms with Crippen LogP contribution in [-0.4, -0.2) is 81.9 Å².